The zero-order valence-electron chi connectivity index (χ0n) is 11.5. The average molecular weight is 244 g/mol. The van der Waals surface area contributed by atoms with E-state index in [1.54, 1.807) is 0 Å². The SMILES string of the molecule is CCOC(OCC)C(O)C1CCCCC1CC. The van der Waals surface area contributed by atoms with Crippen LogP contribution in [0.5, 0.6) is 0 Å². The van der Waals surface area contributed by atoms with E-state index in [0.29, 0.717) is 25.0 Å². The van der Waals surface area contributed by atoms with Crippen molar-refractivity contribution in [2.24, 2.45) is 11.8 Å². The lowest BCUT2D eigenvalue weighted by Crippen LogP contribution is -2.42. The van der Waals surface area contributed by atoms with Gasteiger partial charge in [0.05, 0.1) is 0 Å². The fraction of sp³-hybridized carbons (Fsp3) is 1.00. The molecule has 0 bridgehead atoms. The van der Waals surface area contributed by atoms with Crippen LogP contribution in [0.25, 0.3) is 0 Å². The second-order valence-corrected chi connectivity index (χ2v) is 4.89. The van der Waals surface area contributed by atoms with Gasteiger partial charge in [-0.15, -0.1) is 0 Å². The summed E-state index contributed by atoms with van der Waals surface area (Å²) in [4.78, 5) is 0. The molecule has 0 radical (unpaired) electrons. The van der Waals surface area contributed by atoms with Gasteiger partial charge in [-0.1, -0.05) is 32.6 Å². The van der Waals surface area contributed by atoms with Gasteiger partial charge in [0.2, 0.25) is 0 Å². The Kier molecular flexibility index (Phi) is 7.09. The van der Waals surface area contributed by atoms with Crippen LogP contribution < -0.4 is 0 Å². The van der Waals surface area contributed by atoms with Crippen LogP contribution in [0.2, 0.25) is 0 Å². The summed E-state index contributed by atoms with van der Waals surface area (Å²) in [6, 6.07) is 0. The van der Waals surface area contributed by atoms with E-state index < -0.39 is 12.4 Å². The zero-order chi connectivity index (χ0) is 12.7. The van der Waals surface area contributed by atoms with Gasteiger partial charge in [0.1, 0.15) is 6.10 Å². The van der Waals surface area contributed by atoms with Crippen molar-refractivity contribution in [1.82, 2.24) is 0 Å². The second kappa shape index (κ2) is 8.06. The van der Waals surface area contributed by atoms with Crippen LogP contribution in [0.4, 0.5) is 0 Å². The van der Waals surface area contributed by atoms with Crippen LogP contribution in [-0.2, 0) is 9.47 Å². The molecule has 0 aromatic heterocycles. The number of ether oxygens (including phenoxy) is 2. The molecule has 1 N–H and O–H groups in total. The lowest BCUT2D eigenvalue weighted by Gasteiger charge is -2.37. The maximum absolute atomic E-state index is 10.4. The maximum Gasteiger partial charge on any atom is 0.183 e. The van der Waals surface area contributed by atoms with Gasteiger partial charge in [-0.2, -0.15) is 0 Å². The smallest absolute Gasteiger partial charge is 0.183 e. The molecule has 1 saturated carbocycles. The Morgan fingerprint density at radius 3 is 2.18 bits per heavy atom. The summed E-state index contributed by atoms with van der Waals surface area (Å²) < 4.78 is 11.0. The van der Waals surface area contributed by atoms with Crippen LogP contribution in [-0.4, -0.2) is 30.7 Å². The van der Waals surface area contributed by atoms with Gasteiger partial charge in [0.25, 0.3) is 0 Å². The zero-order valence-corrected chi connectivity index (χ0v) is 11.5. The number of hydrogen-bond acceptors (Lipinski definition) is 3. The van der Waals surface area contributed by atoms with Gasteiger partial charge in [0, 0.05) is 13.2 Å². The van der Waals surface area contributed by atoms with Gasteiger partial charge in [0.15, 0.2) is 6.29 Å². The molecule has 0 aromatic carbocycles. The van der Waals surface area contributed by atoms with Crippen molar-refractivity contribution in [3.05, 3.63) is 0 Å². The Morgan fingerprint density at radius 2 is 1.65 bits per heavy atom. The van der Waals surface area contributed by atoms with E-state index >= 15 is 0 Å². The molecule has 0 aliphatic heterocycles. The highest BCUT2D eigenvalue weighted by Gasteiger charge is 2.35. The molecule has 3 unspecified atom stereocenters. The van der Waals surface area contributed by atoms with Crippen LogP contribution in [0.3, 0.4) is 0 Å². The minimum absolute atomic E-state index is 0.344. The highest BCUT2D eigenvalue weighted by atomic mass is 16.7. The summed E-state index contributed by atoms with van der Waals surface area (Å²) in [7, 11) is 0. The minimum atomic E-state index is -0.472. The summed E-state index contributed by atoms with van der Waals surface area (Å²) in [6.07, 6.45) is 5.10. The molecule has 1 rings (SSSR count). The lowest BCUT2D eigenvalue weighted by atomic mass is 9.75. The van der Waals surface area contributed by atoms with Crippen molar-refractivity contribution in [1.29, 1.82) is 0 Å². The standard InChI is InChI=1S/C14H28O3/c1-4-11-9-7-8-10-12(11)13(15)14(16-5-2)17-6-3/h11-15H,4-10H2,1-3H3. The molecule has 0 heterocycles. The fourth-order valence-electron chi connectivity index (χ4n) is 2.97. The van der Waals surface area contributed by atoms with E-state index in [0.717, 1.165) is 12.8 Å². The van der Waals surface area contributed by atoms with Gasteiger partial charge in [-0.3, -0.25) is 0 Å². The predicted octanol–water partition coefficient (Wildman–Crippen LogP) is 2.96. The van der Waals surface area contributed by atoms with E-state index in [4.69, 9.17) is 9.47 Å². The first-order valence-corrected chi connectivity index (χ1v) is 7.15. The Bertz CT molecular complexity index is 190. The van der Waals surface area contributed by atoms with Crippen molar-refractivity contribution >= 4 is 0 Å². The topological polar surface area (TPSA) is 38.7 Å². The van der Waals surface area contributed by atoms with Gasteiger partial charge < -0.3 is 14.6 Å². The molecule has 1 aliphatic rings. The third-order valence-electron chi connectivity index (χ3n) is 3.87. The highest BCUT2D eigenvalue weighted by molar-refractivity contribution is 4.82. The normalized spacial score (nSPS) is 27.4. The van der Waals surface area contributed by atoms with E-state index in [9.17, 15) is 5.11 Å². The van der Waals surface area contributed by atoms with Gasteiger partial charge in [-0.25, -0.2) is 0 Å². The molecule has 0 saturated heterocycles. The first kappa shape index (κ1) is 14.9. The van der Waals surface area contributed by atoms with Crippen molar-refractivity contribution in [3.8, 4) is 0 Å². The molecule has 3 heteroatoms. The molecular weight excluding hydrogens is 216 g/mol. The predicted molar refractivity (Wildman–Crippen MR) is 68.8 cm³/mol. The van der Waals surface area contributed by atoms with Crippen molar-refractivity contribution in [2.75, 3.05) is 13.2 Å². The molecule has 17 heavy (non-hydrogen) atoms. The van der Waals surface area contributed by atoms with E-state index in [-0.39, 0.29) is 0 Å². The molecular formula is C14H28O3. The first-order valence-electron chi connectivity index (χ1n) is 7.15. The number of rotatable bonds is 7. The largest absolute Gasteiger partial charge is 0.388 e. The lowest BCUT2D eigenvalue weighted by molar-refractivity contribution is -0.209. The Hall–Kier alpha value is -0.120. The second-order valence-electron chi connectivity index (χ2n) is 4.89. The molecule has 0 spiro atoms. The third-order valence-corrected chi connectivity index (χ3v) is 3.87. The Balaban J connectivity index is 2.59. The number of hydrogen-bond donors (Lipinski definition) is 1. The molecule has 0 amide bonds. The monoisotopic (exact) mass is 244 g/mol. The van der Waals surface area contributed by atoms with Gasteiger partial charge in [-0.05, 0) is 32.1 Å². The van der Waals surface area contributed by atoms with Crippen molar-refractivity contribution < 1.29 is 14.6 Å². The third kappa shape index (κ3) is 4.23. The number of aliphatic hydroxyl groups excluding tert-OH is 1. The highest BCUT2D eigenvalue weighted by Crippen LogP contribution is 2.35. The quantitative estimate of drug-likeness (QED) is 0.700. The summed E-state index contributed by atoms with van der Waals surface area (Å²) in [5.41, 5.74) is 0. The molecule has 1 fully saturated rings. The van der Waals surface area contributed by atoms with E-state index in [1.807, 2.05) is 13.8 Å². The fourth-order valence-corrected chi connectivity index (χ4v) is 2.97. The van der Waals surface area contributed by atoms with Crippen molar-refractivity contribution in [2.45, 2.75) is 65.3 Å². The van der Waals surface area contributed by atoms with Crippen LogP contribution >= 0.6 is 0 Å². The molecule has 102 valence electrons. The molecule has 3 atom stereocenters. The van der Waals surface area contributed by atoms with E-state index in [2.05, 4.69) is 6.92 Å². The molecule has 1 aliphatic carbocycles. The van der Waals surface area contributed by atoms with Crippen LogP contribution in [0, 0.1) is 11.8 Å². The van der Waals surface area contributed by atoms with Crippen molar-refractivity contribution in [3.63, 3.8) is 0 Å². The number of aliphatic hydroxyl groups is 1. The molecule has 3 nitrogen and oxygen atoms in total. The van der Waals surface area contributed by atoms with Crippen LogP contribution in [0.1, 0.15) is 52.9 Å². The molecule has 0 aromatic rings. The summed E-state index contributed by atoms with van der Waals surface area (Å²) >= 11 is 0. The summed E-state index contributed by atoms with van der Waals surface area (Å²) in [6.45, 7) is 7.27. The minimum Gasteiger partial charge on any atom is -0.388 e. The van der Waals surface area contributed by atoms with Gasteiger partial charge >= 0.3 is 0 Å². The summed E-state index contributed by atoms with van der Waals surface area (Å²) in [5, 5.41) is 10.4. The Labute approximate surface area is 105 Å². The average Bonchev–Trinajstić information content (AvgIpc) is 2.37. The van der Waals surface area contributed by atoms with E-state index in [1.165, 1.54) is 19.3 Å². The maximum atomic E-state index is 10.4. The first-order chi connectivity index (χ1) is 8.24. The summed E-state index contributed by atoms with van der Waals surface area (Å²) in [5.74, 6) is 0.971. The van der Waals surface area contributed by atoms with Crippen LogP contribution in [0.15, 0.2) is 0 Å². The Morgan fingerprint density at radius 1 is 1.06 bits per heavy atom.